The Morgan fingerprint density at radius 2 is 1.55 bits per heavy atom. The van der Waals surface area contributed by atoms with E-state index in [4.69, 9.17) is 4.74 Å². The summed E-state index contributed by atoms with van der Waals surface area (Å²) in [5.74, 6) is -0.367. The van der Waals surface area contributed by atoms with Crippen molar-refractivity contribution in [3.63, 3.8) is 0 Å². The Hall–Kier alpha value is -2.42. The molecule has 0 saturated heterocycles. The van der Waals surface area contributed by atoms with Crippen LogP contribution in [0.2, 0.25) is 0 Å². The molecular formula is C19H20O3. The number of ketones is 1. The summed E-state index contributed by atoms with van der Waals surface area (Å²) in [6, 6.07) is 16.6. The van der Waals surface area contributed by atoms with Crippen LogP contribution in [0.1, 0.15) is 35.3 Å². The first-order valence-corrected chi connectivity index (χ1v) is 7.47. The van der Waals surface area contributed by atoms with Gasteiger partial charge in [0.15, 0.2) is 5.78 Å². The molecule has 114 valence electrons. The minimum absolute atomic E-state index is 0.00518. The molecule has 2 aromatic carbocycles. The second kappa shape index (κ2) is 7.55. The van der Waals surface area contributed by atoms with Crippen LogP contribution in [0.5, 0.6) is 0 Å². The lowest BCUT2D eigenvalue weighted by Gasteiger charge is -2.10. The van der Waals surface area contributed by atoms with Crippen molar-refractivity contribution < 1.29 is 14.3 Å². The predicted octanol–water partition coefficient (Wildman–Crippen LogP) is 3.66. The Balaban J connectivity index is 2.04. The molecule has 3 heteroatoms. The number of hydrogen-bond donors (Lipinski definition) is 0. The highest BCUT2D eigenvalue weighted by atomic mass is 16.5. The zero-order chi connectivity index (χ0) is 15.9. The van der Waals surface area contributed by atoms with Crippen LogP contribution in [0.25, 0.3) is 0 Å². The molecule has 0 radical (unpaired) electrons. The minimum atomic E-state index is -0.188. The molecule has 0 bridgehead atoms. The van der Waals surface area contributed by atoms with Gasteiger partial charge in [-0.25, -0.2) is 0 Å². The maximum atomic E-state index is 12.3. The van der Waals surface area contributed by atoms with E-state index < -0.39 is 0 Å². The van der Waals surface area contributed by atoms with Crippen molar-refractivity contribution in [2.45, 2.75) is 20.3 Å². The minimum Gasteiger partial charge on any atom is -0.466 e. The third-order valence-corrected chi connectivity index (χ3v) is 3.48. The van der Waals surface area contributed by atoms with E-state index in [1.165, 1.54) is 0 Å². The first-order valence-electron chi connectivity index (χ1n) is 7.47. The van der Waals surface area contributed by atoms with Crippen LogP contribution in [-0.4, -0.2) is 18.4 Å². The van der Waals surface area contributed by atoms with E-state index in [9.17, 15) is 9.59 Å². The Labute approximate surface area is 130 Å². The molecule has 0 spiro atoms. The normalized spacial score (nSPS) is 11.7. The highest BCUT2D eigenvalue weighted by molar-refractivity contribution is 6.08. The quantitative estimate of drug-likeness (QED) is 0.603. The number of carbonyl (C=O) groups is 2. The van der Waals surface area contributed by atoms with Gasteiger partial charge in [-0.15, -0.1) is 0 Å². The van der Waals surface area contributed by atoms with Crippen molar-refractivity contribution in [2.24, 2.45) is 5.92 Å². The Morgan fingerprint density at radius 1 is 0.955 bits per heavy atom. The smallest absolute Gasteiger partial charge is 0.308 e. The first kappa shape index (κ1) is 16.0. The summed E-state index contributed by atoms with van der Waals surface area (Å²) in [5, 5.41) is 0. The van der Waals surface area contributed by atoms with Crippen molar-refractivity contribution in [3.8, 4) is 0 Å². The zero-order valence-corrected chi connectivity index (χ0v) is 12.9. The fraction of sp³-hybridized carbons (Fsp3) is 0.263. The highest BCUT2D eigenvalue weighted by Gasteiger charge is 2.15. The van der Waals surface area contributed by atoms with Gasteiger partial charge in [-0.1, -0.05) is 61.5 Å². The van der Waals surface area contributed by atoms with Gasteiger partial charge in [-0.3, -0.25) is 9.59 Å². The summed E-state index contributed by atoms with van der Waals surface area (Å²) in [6.45, 7) is 4.04. The predicted molar refractivity (Wildman–Crippen MR) is 85.8 cm³/mol. The van der Waals surface area contributed by atoms with Crippen LogP contribution in [-0.2, 0) is 16.0 Å². The lowest BCUT2D eigenvalue weighted by molar-refractivity contribution is -0.147. The van der Waals surface area contributed by atoms with Gasteiger partial charge >= 0.3 is 5.97 Å². The maximum absolute atomic E-state index is 12.3. The van der Waals surface area contributed by atoms with Crippen molar-refractivity contribution in [2.75, 3.05) is 6.61 Å². The van der Waals surface area contributed by atoms with Gasteiger partial charge in [0.05, 0.1) is 12.5 Å². The van der Waals surface area contributed by atoms with E-state index in [-0.39, 0.29) is 17.7 Å². The summed E-state index contributed by atoms with van der Waals surface area (Å²) in [5.41, 5.74) is 2.35. The summed E-state index contributed by atoms with van der Waals surface area (Å²) in [6.07, 6.45) is 0.610. The van der Waals surface area contributed by atoms with Gasteiger partial charge < -0.3 is 4.74 Å². The number of ether oxygens (including phenoxy) is 1. The Bertz CT molecular complexity index is 629. The van der Waals surface area contributed by atoms with Crippen molar-refractivity contribution in [3.05, 3.63) is 71.3 Å². The molecule has 0 aromatic heterocycles. The topological polar surface area (TPSA) is 43.4 Å². The standard InChI is InChI=1S/C19H20O3/c1-3-22-19(21)14(2)13-15-9-11-17(12-10-15)18(20)16-7-5-4-6-8-16/h4-12,14H,3,13H2,1-2H3. The molecule has 2 aromatic rings. The monoisotopic (exact) mass is 296 g/mol. The van der Waals surface area contributed by atoms with Gasteiger partial charge in [0, 0.05) is 11.1 Å². The lowest BCUT2D eigenvalue weighted by atomic mass is 9.97. The number of hydrogen-bond acceptors (Lipinski definition) is 3. The average molecular weight is 296 g/mol. The molecular weight excluding hydrogens is 276 g/mol. The molecule has 22 heavy (non-hydrogen) atoms. The van der Waals surface area contributed by atoms with Crippen LogP contribution in [0, 0.1) is 5.92 Å². The Morgan fingerprint density at radius 3 is 2.14 bits per heavy atom. The molecule has 0 saturated carbocycles. The van der Waals surface area contributed by atoms with E-state index >= 15 is 0 Å². The van der Waals surface area contributed by atoms with Gasteiger partial charge in [-0.05, 0) is 18.9 Å². The van der Waals surface area contributed by atoms with E-state index in [1.807, 2.05) is 49.4 Å². The van der Waals surface area contributed by atoms with Crippen LogP contribution in [0.3, 0.4) is 0 Å². The Kier molecular flexibility index (Phi) is 5.48. The molecule has 0 aliphatic rings. The van der Waals surface area contributed by atoms with E-state index in [1.54, 1.807) is 19.1 Å². The fourth-order valence-corrected chi connectivity index (χ4v) is 2.27. The van der Waals surface area contributed by atoms with E-state index in [2.05, 4.69) is 0 Å². The van der Waals surface area contributed by atoms with Gasteiger partial charge in [-0.2, -0.15) is 0 Å². The summed E-state index contributed by atoms with van der Waals surface area (Å²) >= 11 is 0. The molecule has 1 atom stereocenters. The number of esters is 1. The van der Waals surface area contributed by atoms with Crippen LogP contribution >= 0.6 is 0 Å². The highest BCUT2D eigenvalue weighted by Crippen LogP contribution is 2.14. The zero-order valence-electron chi connectivity index (χ0n) is 12.9. The molecule has 0 amide bonds. The van der Waals surface area contributed by atoms with Gasteiger partial charge in [0.1, 0.15) is 0 Å². The molecule has 2 rings (SSSR count). The first-order chi connectivity index (χ1) is 10.6. The fourth-order valence-electron chi connectivity index (χ4n) is 2.27. The van der Waals surface area contributed by atoms with Gasteiger partial charge in [0.2, 0.25) is 0 Å². The molecule has 0 N–H and O–H groups in total. The largest absolute Gasteiger partial charge is 0.466 e. The lowest BCUT2D eigenvalue weighted by Crippen LogP contribution is -2.16. The molecule has 0 fully saturated rings. The summed E-state index contributed by atoms with van der Waals surface area (Å²) in [7, 11) is 0. The van der Waals surface area contributed by atoms with Crippen LogP contribution < -0.4 is 0 Å². The van der Waals surface area contributed by atoms with Crippen LogP contribution in [0.15, 0.2) is 54.6 Å². The molecule has 3 nitrogen and oxygen atoms in total. The van der Waals surface area contributed by atoms with E-state index in [0.29, 0.717) is 24.2 Å². The average Bonchev–Trinajstić information content (AvgIpc) is 2.56. The second-order valence-corrected chi connectivity index (χ2v) is 5.25. The summed E-state index contributed by atoms with van der Waals surface area (Å²) < 4.78 is 5.00. The number of benzene rings is 2. The molecule has 0 heterocycles. The van der Waals surface area contributed by atoms with Crippen LogP contribution in [0.4, 0.5) is 0 Å². The second-order valence-electron chi connectivity index (χ2n) is 5.25. The number of rotatable bonds is 6. The molecule has 1 unspecified atom stereocenters. The van der Waals surface area contributed by atoms with Crippen molar-refractivity contribution in [1.29, 1.82) is 0 Å². The third-order valence-electron chi connectivity index (χ3n) is 3.48. The van der Waals surface area contributed by atoms with Crippen molar-refractivity contribution in [1.82, 2.24) is 0 Å². The molecule has 0 aliphatic carbocycles. The van der Waals surface area contributed by atoms with E-state index in [0.717, 1.165) is 5.56 Å². The molecule has 0 aliphatic heterocycles. The summed E-state index contributed by atoms with van der Waals surface area (Å²) in [4.78, 5) is 23.9. The SMILES string of the molecule is CCOC(=O)C(C)Cc1ccc(C(=O)c2ccccc2)cc1. The van der Waals surface area contributed by atoms with Crippen molar-refractivity contribution >= 4 is 11.8 Å². The maximum Gasteiger partial charge on any atom is 0.308 e. The number of carbonyl (C=O) groups excluding carboxylic acids is 2. The third kappa shape index (κ3) is 4.04. The van der Waals surface area contributed by atoms with Gasteiger partial charge in [0.25, 0.3) is 0 Å².